The van der Waals surface area contributed by atoms with Gasteiger partial charge in [0.05, 0.1) is 5.75 Å². The Morgan fingerprint density at radius 3 is 2.28 bits per heavy atom. The van der Waals surface area contributed by atoms with E-state index in [1.54, 1.807) is 16.7 Å². The summed E-state index contributed by atoms with van der Waals surface area (Å²) in [5.74, 6) is 0.994. The molecule has 0 aliphatic rings. The highest BCUT2D eigenvalue weighted by atomic mass is 79.9. The van der Waals surface area contributed by atoms with Crippen LogP contribution < -0.4 is 5.32 Å². The molecule has 0 spiro atoms. The number of nitrogens with zero attached hydrogens (tertiary/aromatic N) is 1. The Morgan fingerprint density at radius 1 is 1.03 bits per heavy atom. The first-order valence-electron chi connectivity index (χ1n) is 9.86. The summed E-state index contributed by atoms with van der Waals surface area (Å²) in [6.07, 6.45) is 0.578. The van der Waals surface area contributed by atoms with E-state index < -0.39 is 6.04 Å². The molecule has 0 heterocycles. The fourth-order valence-electron chi connectivity index (χ4n) is 3.00. The lowest BCUT2D eigenvalue weighted by molar-refractivity contribution is -0.139. The predicted octanol–water partition coefficient (Wildman–Crippen LogP) is 5.01. The molecule has 0 aromatic heterocycles. The molecule has 29 heavy (non-hydrogen) atoms. The number of hydrogen-bond donors (Lipinski definition) is 1. The van der Waals surface area contributed by atoms with Gasteiger partial charge in [0.1, 0.15) is 6.04 Å². The van der Waals surface area contributed by atoms with Gasteiger partial charge in [-0.2, -0.15) is 0 Å². The summed E-state index contributed by atoms with van der Waals surface area (Å²) in [6, 6.07) is 17.5. The molecule has 1 atom stereocenters. The topological polar surface area (TPSA) is 49.4 Å². The standard InChI is InChI=1S/C23H29BrN2O2S/c1-4-21(23(28)25-17(2)3)26(14-18-8-6-5-7-9-18)22(27)16-29-15-19-10-12-20(24)13-11-19/h5-13,17,21H,4,14-16H2,1-3H3,(H,25,28)/t21-/m1/s1. The van der Waals surface area contributed by atoms with Gasteiger partial charge in [-0.1, -0.05) is 65.3 Å². The Hall–Kier alpha value is -1.79. The number of carbonyl (C=O) groups excluding carboxylic acids is 2. The number of hydrogen-bond acceptors (Lipinski definition) is 3. The van der Waals surface area contributed by atoms with Crippen molar-refractivity contribution in [3.8, 4) is 0 Å². The number of carbonyl (C=O) groups is 2. The summed E-state index contributed by atoms with van der Waals surface area (Å²) in [6.45, 7) is 6.25. The molecule has 0 bridgehead atoms. The highest BCUT2D eigenvalue weighted by molar-refractivity contribution is 9.10. The Bertz CT molecular complexity index is 781. The number of halogens is 1. The second kappa shape index (κ2) is 12.0. The van der Waals surface area contributed by atoms with Crippen molar-refractivity contribution in [1.29, 1.82) is 0 Å². The Labute approximate surface area is 186 Å². The number of thioether (sulfide) groups is 1. The van der Waals surface area contributed by atoms with Gasteiger partial charge in [-0.15, -0.1) is 11.8 Å². The molecule has 0 saturated heterocycles. The van der Waals surface area contributed by atoms with Crippen LogP contribution >= 0.6 is 27.7 Å². The number of rotatable bonds is 10. The minimum Gasteiger partial charge on any atom is -0.352 e. The van der Waals surface area contributed by atoms with E-state index in [9.17, 15) is 9.59 Å². The fraction of sp³-hybridized carbons (Fsp3) is 0.391. The van der Waals surface area contributed by atoms with E-state index in [1.807, 2.05) is 75.4 Å². The highest BCUT2D eigenvalue weighted by Crippen LogP contribution is 2.19. The first-order valence-corrected chi connectivity index (χ1v) is 11.8. The molecule has 0 radical (unpaired) electrons. The number of benzene rings is 2. The van der Waals surface area contributed by atoms with Gasteiger partial charge in [-0.05, 0) is 43.5 Å². The van der Waals surface area contributed by atoms with Gasteiger partial charge < -0.3 is 10.2 Å². The molecule has 2 amide bonds. The van der Waals surface area contributed by atoms with Crippen LogP contribution in [0, 0.1) is 0 Å². The summed E-state index contributed by atoms with van der Waals surface area (Å²) in [5, 5.41) is 2.96. The van der Waals surface area contributed by atoms with E-state index in [0.29, 0.717) is 18.7 Å². The molecule has 2 aromatic rings. The van der Waals surface area contributed by atoms with Crippen LogP contribution in [0.4, 0.5) is 0 Å². The maximum Gasteiger partial charge on any atom is 0.243 e. The molecule has 0 aliphatic heterocycles. The van der Waals surface area contributed by atoms with Gasteiger partial charge in [-0.25, -0.2) is 0 Å². The molecule has 6 heteroatoms. The van der Waals surface area contributed by atoms with Crippen molar-refractivity contribution in [3.05, 3.63) is 70.2 Å². The largest absolute Gasteiger partial charge is 0.352 e. The van der Waals surface area contributed by atoms with Crippen molar-refractivity contribution in [2.75, 3.05) is 5.75 Å². The lowest BCUT2D eigenvalue weighted by Gasteiger charge is -2.31. The Kier molecular flexibility index (Phi) is 9.74. The van der Waals surface area contributed by atoms with Crippen molar-refractivity contribution in [2.45, 2.75) is 51.6 Å². The molecule has 4 nitrogen and oxygen atoms in total. The van der Waals surface area contributed by atoms with Crippen LogP contribution in [-0.4, -0.2) is 34.6 Å². The molecule has 0 aliphatic carbocycles. The predicted molar refractivity (Wildman–Crippen MR) is 125 cm³/mol. The second-order valence-electron chi connectivity index (χ2n) is 7.21. The normalized spacial score (nSPS) is 11.9. The zero-order chi connectivity index (χ0) is 21.2. The third kappa shape index (κ3) is 7.86. The van der Waals surface area contributed by atoms with Crippen LogP contribution in [0.25, 0.3) is 0 Å². The molecule has 2 rings (SSSR count). The molecule has 0 fully saturated rings. The van der Waals surface area contributed by atoms with E-state index in [1.165, 1.54) is 5.56 Å². The summed E-state index contributed by atoms with van der Waals surface area (Å²) in [5.41, 5.74) is 2.19. The Balaban J connectivity index is 2.08. The fourth-order valence-corrected chi connectivity index (χ4v) is 4.14. The van der Waals surface area contributed by atoms with Crippen LogP contribution in [0.15, 0.2) is 59.1 Å². The smallest absolute Gasteiger partial charge is 0.243 e. The minimum atomic E-state index is -0.474. The van der Waals surface area contributed by atoms with E-state index >= 15 is 0 Å². The monoisotopic (exact) mass is 476 g/mol. The van der Waals surface area contributed by atoms with Crippen molar-refractivity contribution in [2.24, 2.45) is 0 Å². The van der Waals surface area contributed by atoms with Crippen LogP contribution in [0.5, 0.6) is 0 Å². The number of nitrogens with one attached hydrogen (secondary N) is 1. The molecule has 1 N–H and O–H groups in total. The number of amides is 2. The summed E-state index contributed by atoms with van der Waals surface area (Å²) < 4.78 is 1.04. The lowest BCUT2D eigenvalue weighted by Crippen LogP contribution is -2.50. The van der Waals surface area contributed by atoms with Crippen LogP contribution in [0.2, 0.25) is 0 Å². The van der Waals surface area contributed by atoms with Gasteiger partial charge >= 0.3 is 0 Å². The SMILES string of the molecule is CC[C@H](C(=O)NC(C)C)N(Cc1ccccc1)C(=O)CSCc1ccc(Br)cc1. The van der Waals surface area contributed by atoms with Crippen molar-refractivity contribution in [1.82, 2.24) is 10.2 Å². The summed E-state index contributed by atoms with van der Waals surface area (Å²) in [7, 11) is 0. The van der Waals surface area contributed by atoms with E-state index in [0.717, 1.165) is 15.8 Å². The third-order valence-electron chi connectivity index (χ3n) is 4.42. The van der Waals surface area contributed by atoms with Crippen molar-refractivity contribution < 1.29 is 9.59 Å². The summed E-state index contributed by atoms with van der Waals surface area (Å²) >= 11 is 5.01. The third-order valence-corrected chi connectivity index (χ3v) is 5.94. The van der Waals surface area contributed by atoms with Crippen molar-refractivity contribution >= 4 is 39.5 Å². The molecule has 156 valence electrons. The maximum absolute atomic E-state index is 13.1. The van der Waals surface area contributed by atoms with Crippen LogP contribution in [0.3, 0.4) is 0 Å². The maximum atomic E-state index is 13.1. The molecule has 0 unspecified atom stereocenters. The zero-order valence-electron chi connectivity index (χ0n) is 17.2. The van der Waals surface area contributed by atoms with Crippen LogP contribution in [-0.2, 0) is 21.9 Å². The molecule has 0 saturated carbocycles. The highest BCUT2D eigenvalue weighted by Gasteiger charge is 2.28. The van der Waals surface area contributed by atoms with E-state index in [4.69, 9.17) is 0 Å². The first-order chi connectivity index (χ1) is 13.9. The van der Waals surface area contributed by atoms with Crippen molar-refractivity contribution in [3.63, 3.8) is 0 Å². The van der Waals surface area contributed by atoms with Gasteiger partial charge in [0.15, 0.2) is 0 Å². The minimum absolute atomic E-state index is 0.0123. The second-order valence-corrected chi connectivity index (χ2v) is 9.12. The van der Waals surface area contributed by atoms with E-state index in [-0.39, 0.29) is 17.9 Å². The zero-order valence-corrected chi connectivity index (χ0v) is 19.6. The quantitative estimate of drug-likeness (QED) is 0.523. The lowest BCUT2D eigenvalue weighted by atomic mass is 10.1. The Morgan fingerprint density at radius 2 is 1.69 bits per heavy atom. The average molecular weight is 477 g/mol. The van der Waals surface area contributed by atoms with Gasteiger partial charge in [-0.3, -0.25) is 9.59 Å². The summed E-state index contributed by atoms with van der Waals surface area (Å²) in [4.78, 5) is 27.6. The molecular weight excluding hydrogens is 448 g/mol. The molecular formula is C23H29BrN2O2S. The van der Waals surface area contributed by atoms with Gasteiger partial charge in [0, 0.05) is 22.8 Å². The van der Waals surface area contributed by atoms with E-state index in [2.05, 4.69) is 21.2 Å². The molecule has 2 aromatic carbocycles. The van der Waals surface area contributed by atoms with Crippen LogP contribution in [0.1, 0.15) is 38.3 Å². The van der Waals surface area contributed by atoms with Gasteiger partial charge in [0.2, 0.25) is 11.8 Å². The van der Waals surface area contributed by atoms with Gasteiger partial charge in [0.25, 0.3) is 0 Å². The first kappa shape index (κ1) is 23.5. The average Bonchev–Trinajstić information content (AvgIpc) is 2.69.